The molecule has 0 atom stereocenters. The van der Waals surface area contributed by atoms with Gasteiger partial charge >= 0.3 is 6.18 Å². The second-order valence-corrected chi connectivity index (χ2v) is 5.12. The molecule has 0 radical (unpaired) electrons. The molecule has 6 heteroatoms. The van der Waals surface area contributed by atoms with Gasteiger partial charge in [0.05, 0.1) is 11.3 Å². The van der Waals surface area contributed by atoms with Crippen molar-refractivity contribution in [3.05, 3.63) is 71.1 Å². The van der Waals surface area contributed by atoms with Gasteiger partial charge in [0, 0.05) is 17.4 Å². The molecule has 3 rings (SSSR count). The van der Waals surface area contributed by atoms with Crippen LogP contribution in [0, 0.1) is 4.77 Å². The van der Waals surface area contributed by atoms with Gasteiger partial charge in [-0.1, -0.05) is 36.4 Å². The molecule has 0 saturated carbocycles. The smallest absolute Gasteiger partial charge is 0.336 e. The third kappa shape index (κ3) is 2.69. The zero-order chi connectivity index (χ0) is 15.7. The molecule has 22 heavy (non-hydrogen) atoms. The lowest BCUT2D eigenvalue weighted by Gasteiger charge is -2.12. The summed E-state index contributed by atoms with van der Waals surface area (Å²) in [4.78, 5) is 2.89. The number of nitrogens with one attached hydrogen (secondary N) is 1. The Labute approximate surface area is 129 Å². The van der Waals surface area contributed by atoms with E-state index in [1.54, 1.807) is 16.8 Å². The number of hydrogen-bond donors (Lipinski definition) is 1. The Hall–Kier alpha value is -2.34. The van der Waals surface area contributed by atoms with Gasteiger partial charge in [-0.3, -0.25) is 4.57 Å². The molecule has 1 aromatic heterocycles. The van der Waals surface area contributed by atoms with Gasteiger partial charge in [-0.2, -0.15) is 13.2 Å². The Balaban J connectivity index is 2.18. The summed E-state index contributed by atoms with van der Waals surface area (Å²) in [6.07, 6.45) is -2.70. The van der Waals surface area contributed by atoms with Gasteiger partial charge in [0.25, 0.3) is 0 Å². The van der Waals surface area contributed by atoms with Gasteiger partial charge in [-0.15, -0.1) is 0 Å². The number of H-pyrrole nitrogens is 1. The van der Waals surface area contributed by atoms with Crippen molar-refractivity contribution in [1.82, 2.24) is 9.55 Å². The largest absolute Gasteiger partial charge is 0.416 e. The Morgan fingerprint density at radius 3 is 2.36 bits per heavy atom. The number of aromatic amines is 1. The SMILES string of the molecule is FC(F)(F)c1cccc(-n2c(-c3ccccc3)c[nH]c2=S)c1. The molecule has 0 amide bonds. The maximum atomic E-state index is 12.9. The fourth-order valence-electron chi connectivity index (χ4n) is 2.27. The van der Waals surface area contributed by atoms with Gasteiger partial charge in [-0.25, -0.2) is 0 Å². The summed E-state index contributed by atoms with van der Waals surface area (Å²) in [5.74, 6) is 0. The summed E-state index contributed by atoms with van der Waals surface area (Å²) in [6.45, 7) is 0. The first-order valence-corrected chi connectivity index (χ1v) is 6.91. The third-order valence-corrected chi connectivity index (χ3v) is 3.58. The van der Waals surface area contributed by atoms with Crippen LogP contribution >= 0.6 is 12.2 Å². The molecule has 0 saturated heterocycles. The first-order chi connectivity index (χ1) is 10.5. The molecule has 2 nitrogen and oxygen atoms in total. The zero-order valence-electron chi connectivity index (χ0n) is 11.3. The Morgan fingerprint density at radius 1 is 0.955 bits per heavy atom. The standard InChI is InChI=1S/C16H11F3N2S/c17-16(18,19)12-7-4-8-13(9-12)21-14(10-20-15(21)22)11-5-2-1-3-6-11/h1-10H,(H,20,22). The Bertz CT molecular complexity index is 848. The van der Waals surface area contributed by atoms with Crippen LogP contribution in [0.3, 0.4) is 0 Å². The lowest BCUT2D eigenvalue weighted by atomic mass is 10.1. The number of aromatic nitrogens is 2. The third-order valence-electron chi connectivity index (χ3n) is 3.28. The molecule has 1 heterocycles. The summed E-state index contributed by atoms with van der Waals surface area (Å²) in [5.41, 5.74) is 1.25. The summed E-state index contributed by atoms with van der Waals surface area (Å²) in [5, 5.41) is 0. The van der Waals surface area contributed by atoms with Gasteiger partial charge in [0.15, 0.2) is 4.77 Å². The molecule has 0 fully saturated rings. The number of rotatable bonds is 2. The van der Waals surface area contributed by atoms with Crippen LogP contribution in [-0.4, -0.2) is 9.55 Å². The van der Waals surface area contributed by atoms with Gasteiger partial charge < -0.3 is 4.98 Å². The monoisotopic (exact) mass is 320 g/mol. The van der Waals surface area contributed by atoms with Crippen molar-refractivity contribution in [2.45, 2.75) is 6.18 Å². The maximum Gasteiger partial charge on any atom is 0.416 e. The van der Waals surface area contributed by atoms with Gasteiger partial charge in [-0.05, 0) is 30.4 Å². The van der Waals surface area contributed by atoms with Crippen LogP contribution in [0.5, 0.6) is 0 Å². The number of nitrogens with zero attached hydrogens (tertiary/aromatic N) is 1. The molecule has 112 valence electrons. The van der Waals surface area contributed by atoms with Crippen molar-refractivity contribution in [3.8, 4) is 16.9 Å². The van der Waals surface area contributed by atoms with Crippen LogP contribution in [0.15, 0.2) is 60.8 Å². The summed E-state index contributed by atoms with van der Waals surface area (Å²) >= 11 is 5.22. The number of halogens is 3. The summed E-state index contributed by atoms with van der Waals surface area (Å²) in [7, 11) is 0. The second-order valence-electron chi connectivity index (χ2n) is 4.73. The molecular weight excluding hydrogens is 309 g/mol. The van der Waals surface area contributed by atoms with Crippen LogP contribution < -0.4 is 0 Å². The molecule has 3 aromatic rings. The van der Waals surface area contributed by atoms with E-state index in [1.807, 2.05) is 30.3 Å². The zero-order valence-corrected chi connectivity index (χ0v) is 12.1. The van der Waals surface area contributed by atoms with E-state index < -0.39 is 11.7 Å². The van der Waals surface area contributed by atoms with E-state index in [4.69, 9.17) is 12.2 Å². The molecule has 0 bridgehead atoms. The fraction of sp³-hybridized carbons (Fsp3) is 0.0625. The van der Waals surface area contributed by atoms with E-state index in [9.17, 15) is 13.2 Å². The number of alkyl halides is 3. The highest BCUT2D eigenvalue weighted by Gasteiger charge is 2.30. The Morgan fingerprint density at radius 2 is 1.68 bits per heavy atom. The molecular formula is C16H11F3N2S. The minimum Gasteiger partial charge on any atom is -0.336 e. The predicted molar refractivity (Wildman–Crippen MR) is 81.4 cm³/mol. The van der Waals surface area contributed by atoms with Crippen molar-refractivity contribution in [2.75, 3.05) is 0 Å². The number of hydrogen-bond acceptors (Lipinski definition) is 1. The van der Waals surface area contributed by atoms with Crippen LogP contribution in [0.1, 0.15) is 5.56 Å². The average molecular weight is 320 g/mol. The van der Waals surface area contributed by atoms with Gasteiger partial charge in [0.2, 0.25) is 0 Å². The molecule has 0 aliphatic heterocycles. The van der Waals surface area contributed by atoms with E-state index in [0.29, 0.717) is 16.2 Å². The number of benzene rings is 2. The molecule has 0 aliphatic carbocycles. The molecule has 0 aliphatic rings. The van der Waals surface area contributed by atoms with Crippen molar-refractivity contribution in [2.24, 2.45) is 0 Å². The van der Waals surface area contributed by atoms with E-state index in [2.05, 4.69) is 4.98 Å². The predicted octanol–water partition coefficient (Wildman–Crippen LogP) is 5.22. The van der Waals surface area contributed by atoms with Crippen molar-refractivity contribution < 1.29 is 13.2 Å². The lowest BCUT2D eigenvalue weighted by molar-refractivity contribution is -0.137. The highest BCUT2D eigenvalue weighted by Crippen LogP contribution is 2.31. The van der Waals surface area contributed by atoms with E-state index in [-0.39, 0.29) is 0 Å². The van der Waals surface area contributed by atoms with Crippen LogP contribution in [0.25, 0.3) is 16.9 Å². The van der Waals surface area contributed by atoms with Gasteiger partial charge in [0.1, 0.15) is 0 Å². The van der Waals surface area contributed by atoms with Crippen molar-refractivity contribution >= 4 is 12.2 Å². The highest BCUT2D eigenvalue weighted by atomic mass is 32.1. The second kappa shape index (κ2) is 5.46. The van der Waals surface area contributed by atoms with Crippen LogP contribution in [0.4, 0.5) is 13.2 Å². The van der Waals surface area contributed by atoms with Crippen molar-refractivity contribution in [3.63, 3.8) is 0 Å². The minimum absolute atomic E-state index is 0.346. The van der Waals surface area contributed by atoms with Crippen LogP contribution in [0.2, 0.25) is 0 Å². The van der Waals surface area contributed by atoms with Crippen molar-refractivity contribution in [1.29, 1.82) is 0 Å². The molecule has 1 N–H and O–H groups in total. The van der Waals surface area contributed by atoms with Crippen LogP contribution in [-0.2, 0) is 6.18 Å². The first-order valence-electron chi connectivity index (χ1n) is 6.50. The normalized spacial score (nSPS) is 11.6. The molecule has 0 spiro atoms. The van der Waals surface area contributed by atoms with E-state index in [0.717, 1.165) is 17.7 Å². The fourth-order valence-corrected chi connectivity index (χ4v) is 2.53. The average Bonchev–Trinajstić information content (AvgIpc) is 2.89. The summed E-state index contributed by atoms with van der Waals surface area (Å²) < 4.78 is 40.6. The quantitative estimate of drug-likeness (QED) is 0.642. The molecule has 0 unspecified atom stereocenters. The molecule has 2 aromatic carbocycles. The van der Waals surface area contributed by atoms with E-state index >= 15 is 0 Å². The van der Waals surface area contributed by atoms with E-state index in [1.165, 1.54) is 6.07 Å². The topological polar surface area (TPSA) is 20.7 Å². The highest BCUT2D eigenvalue weighted by molar-refractivity contribution is 7.71. The Kier molecular flexibility index (Phi) is 3.62. The first kappa shape index (κ1) is 14.6. The lowest BCUT2D eigenvalue weighted by Crippen LogP contribution is -2.06. The maximum absolute atomic E-state index is 12.9. The minimum atomic E-state index is -4.39. The summed E-state index contributed by atoms with van der Waals surface area (Å²) in [6, 6.07) is 14.5. The number of imidazole rings is 1.